The second-order valence-electron chi connectivity index (χ2n) is 5.35. The molecule has 1 N–H and O–H groups in total. The van der Waals surface area contributed by atoms with Gasteiger partial charge >= 0.3 is 0 Å². The maximum atomic E-state index is 12.6. The molecule has 21 heavy (non-hydrogen) atoms. The van der Waals surface area contributed by atoms with Crippen LogP contribution in [0.25, 0.3) is 0 Å². The van der Waals surface area contributed by atoms with E-state index in [-0.39, 0.29) is 30.8 Å². The number of aromatic nitrogens is 1. The minimum absolute atomic E-state index is 0.0512. The molecule has 1 aromatic heterocycles. The van der Waals surface area contributed by atoms with E-state index in [4.69, 9.17) is 5.11 Å². The molecule has 0 radical (unpaired) electrons. The van der Waals surface area contributed by atoms with Crippen LogP contribution in [0.5, 0.6) is 0 Å². The summed E-state index contributed by atoms with van der Waals surface area (Å²) in [4.78, 5) is 24.6. The Hall–Kier alpha value is -1.89. The summed E-state index contributed by atoms with van der Waals surface area (Å²) in [6.45, 7) is 2.73. The third-order valence-corrected chi connectivity index (χ3v) is 3.64. The van der Waals surface area contributed by atoms with Gasteiger partial charge in [0.05, 0.1) is 17.7 Å². The Balaban J connectivity index is 2.24. The summed E-state index contributed by atoms with van der Waals surface area (Å²) < 4.78 is 1.72. The Bertz CT molecular complexity index is 522. The van der Waals surface area contributed by atoms with Crippen molar-refractivity contribution in [2.75, 3.05) is 19.7 Å². The average Bonchev–Trinajstić information content (AvgIpc) is 3.21. The van der Waals surface area contributed by atoms with Gasteiger partial charge in [0.2, 0.25) is 0 Å². The largest absolute Gasteiger partial charge is 0.395 e. The van der Waals surface area contributed by atoms with Gasteiger partial charge in [-0.25, -0.2) is 0 Å². The number of hydrogen-bond acceptors (Lipinski definition) is 4. The fraction of sp³-hybridized carbons (Fsp3) is 0.643. The molecular formula is C14H21N3O4. The van der Waals surface area contributed by atoms with Gasteiger partial charge in [0.1, 0.15) is 5.69 Å². The van der Waals surface area contributed by atoms with E-state index in [1.165, 1.54) is 12.3 Å². The number of carbonyl (C=O) groups is 1. The van der Waals surface area contributed by atoms with Gasteiger partial charge in [-0.2, -0.15) is 0 Å². The van der Waals surface area contributed by atoms with Crippen molar-refractivity contribution in [3.05, 3.63) is 28.1 Å². The Morgan fingerprint density at radius 2 is 2.24 bits per heavy atom. The van der Waals surface area contributed by atoms with Crippen LogP contribution >= 0.6 is 0 Å². The van der Waals surface area contributed by atoms with Gasteiger partial charge in [0.15, 0.2) is 0 Å². The van der Waals surface area contributed by atoms with Gasteiger partial charge in [0, 0.05) is 25.2 Å². The molecule has 0 saturated heterocycles. The minimum atomic E-state index is -0.474. The molecule has 1 fully saturated rings. The third-order valence-electron chi connectivity index (χ3n) is 3.64. The van der Waals surface area contributed by atoms with Crippen LogP contribution < -0.4 is 0 Å². The lowest BCUT2D eigenvalue weighted by molar-refractivity contribution is -0.384. The van der Waals surface area contributed by atoms with Gasteiger partial charge in [-0.3, -0.25) is 14.9 Å². The monoisotopic (exact) mass is 295 g/mol. The van der Waals surface area contributed by atoms with E-state index in [1.54, 1.807) is 9.47 Å². The Morgan fingerprint density at radius 1 is 1.52 bits per heavy atom. The number of rotatable bonds is 8. The normalized spacial score (nSPS) is 14.2. The number of amides is 1. The maximum absolute atomic E-state index is 12.6. The summed E-state index contributed by atoms with van der Waals surface area (Å²) in [5, 5.41) is 20.0. The molecular weight excluding hydrogens is 274 g/mol. The maximum Gasteiger partial charge on any atom is 0.287 e. The highest BCUT2D eigenvalue weighted by molar-refractivity contribution is 5.93. The molecule has 1 heterocycles. The molecule has 1 amide bonds. The first-order chi connectivity index (χ1) is 10.1. The highest BCUT2D eigenvalue weighted by Gasteiger charge is 2.31. The van der Waals surface area contributed by atoms with Crippen molar-refractivity contribution < 1.29 is 14.8 Å². The van der Waals surface area contributed by atoms with Crippen LogP contribution in [0, 0.1) is 10.1 Å². The highest BCUT2D eigenvalue weighted by atomic mass is 16.6. The van der Waals surface area contributed by atoms with Gasteiger partial charge in [0.25, 0.3) is 11.6 Å². The zero-order valence-corrected chi connectivity index (χ0v) is 12.2. The number of aliphatic hydroxyl groups is 1. The van der Waals surface area contributed by atoms with Crippen molar-refractivity contribution in [3.63, 3.8) is 0 Å². The first-order valence-corrected chi connectivity index (χ1v) is 7.34. The first kappa shape index (κ1) is 15.5. The number of unbranched alkanes of at least 4 members (excludes halogenated alkanes) is 1. The smallest absolute Gasteiger partial charge is 0.287 e. The van der Waals surface area contributed by atoms with Gasteiger partial charge < -0.3 is 14.6 Å². The molecule has 0 bridgehead atoms. The number of aliphatic hydroxyl groups excluding tert-OH is 1. The van der Waals surface area contributed by atoms with E-state index < -0.39 is 4.92 Å². The summed E-state index contributed by atoms with van der Waals surface area (Å²) >= 11 is 0. The van der Waals surface area contributed by atoms with E-state index in [9.17, 15) is 14.9 Å². The lowest BCUT2D eigenvalue weighted by Gasteiger charge is -2.22. The van der Waals surface area contributed by atoms with E-state index in [0.29, 0.717) is 12.2 Å². The Morgan fingerprint density at radius 3 is 2.76 bits per heavy atom. The molecule has 1 aliphatic carbocycles. The molecule has 0 aromatic carbocycles. The van der Waals surface area contributed by atoms with Crippen LogP contribution in [-0.2, 0) is 0 Å². The zero-order chi connectivity index (χ0) is 15.4. The van der Waals surface area contributed by atoms with Crippen molar-refractivity contribution in [2.45, 2.75) is 38.6 Å². The van der Waals surface area contributed by atoms with E-state index in [1.807, 2.05) is 6.92 Å². The predicted octanol–water partition coefficient (Wildman–Crippen LogP) is 1.97. The Labute approximate surface area is 123 Å². The fourth-order valence-electron chi connectivity index (χ4n) is 2.34. The molecule has 1 saturated carbocycles. The van der Waals surface area contributed by atoms with Crippen molar-refractivity contribution in [2.24, 2.45) is 0 Å². The van der Waals surface area contributed by atoms with E-state index in [0.717, 1.165) is 25.7 Å². The molecule has 7 heteroatoms. The van der Waals surface area contributed by atoms with Crippen LogP contribution in [0.1, 0.15) is 49.1 Å². The van der Waals surface area contributed by atoms with Crippen molar-refractivity contribution in [3.8, 4) is 0 Å². The lowest BCUT2D eigenvalue weighted by atomic mass is 10.2. The molecule has 1 aromatic rings. The standard InChI is InChI=1S/C14H21N3O4/c1-2-3-6-15(7-8-18)14(19)13-9-12(17(20)21)10-16(13)11-4-5-11/h9-11,18H,2-8H2,1H3. The third kappa shape index (κ3) is 3.60. The molecule has 7 nitrogen and oxygen atoms in total. The van der Waals surface area contributed by atoms with Crippen molar-refractivity contribution in [1.29, 1.82) is 0 Å². The van der Waals surface area contributed by atoms with Crippen molar-refractivity contribution >= 4 is 11.6 Å². The summed E-state index contributed by atoms with van der Waals surface area (Å²) in [6, 6.07) is 1.54. The summed E-state index contributed by atoms with van der Waals surface area (Å²) in [7, 11) is 0. The summed E-state index contributed by atoms with van der Waals surface area (Å²) in [6.07, 6.45) is 5.13. The first-order valence-electron chi connectivity index (χ1n) is 7.34. The van der Waals surface area contributed by atoms with E-state index >= 15 is 0 Å². The van der Waals surface area contributed by atoms with Crippen LogP contribution in [0.2, 0.25) is 0 Å². The fourth-order valence-corrected chi connectivity index (χ4v) is 2.34. The molecule has 0 unspecified atom stereocenters. The zero-order valence-electron chi connectivity index (χ0n) is 12.2. The predicted molar refractivity (Wildman–Crippen MR) is 77.3 cm³/mol. The molecule has 0 spiro atoms. The number of carbonyl (C=O) groups excluding carboxylic acids is 1. The van der Waals surface area contributed by atoms with Crippen LogP contribution in [0.15, 0.2) is 12.3 Å². The molecule has 116 valence electrons. The van der Waals surface area contributed by atoms with Crippen LogP contribution in [0.4, 0.5) is 5.69 Å². The quantitative estimate of drug-likeness (QED) is 0.586. The van der Waals surface area contributed by atoms with Crippen LogP contribution in [-0.4, -0.2) is 45.1 Å². The number of hydrogen-bond donors (Lipinski definition) is 1. The lowest BCUT2D eigenvalue weighted by Crippen LogP contribution is -2.35. The van der Waals surface area contributed by atoms with Crippen LogP contribution in [0.3, 0.4) is 0 Å². The second kappa shape index (κ2) is 6.71. The second-order valence-corrected chi connectivity index (χ2v) is 5.35. The Kier molecular flexibility index (Phi) is 4.95. The summed E-state index contributed by atoms with van der Waals surface area (Å²) in [5.74, 6) is -0.238. The number of nitro groups is 1. The molecule has 0 aliphatic heterocycles. The number of nitrogens with zero attached hydrogens (tertiary/aromatic N) is 3. The molecule has 1 aliphatic rings. The van der Waals surface area contributed by atoms with E-state index in [2.05, 4.69) is 0 Å². The molecule has 0 atom stereocenters. The topological polar surface area (TPSA) is 88.6 Å². The molecule has 2 rings (SSSR count). The van der Waals surface area contributed by atoms with Gasteiger partial charge in [-0.15, -0.1) is 0 Å². The summed E-state index contributed by atoms with van der Waals surface area (Å²) in [5.41, 5.74) is 0.304. The van der Waals surface area contributed by atoms with Gasteiger partial charge in [-0.05, 0) is 19.3 Å². The highest BCUT2D eigenvalue weighted by Crippen LogP contribution is 2.38. The van der Waals surface area contributed by atoms with Gasteiger partial charge in [-0.1, -0.05) is 13.3 Å². The average molecular weight is 295 g/mol. The SMILES string of the molecule is CCCCN(CCO)C(=O)c1cc([N+](=O)[O-])cn1C1CC1. The minimum Gasteiger partial charge on any atom is -0.395 e. The van der Waals surface area contributed by atoms with Crippen molar-refractivity contribution in [1.82, 2.24) is 9.47 Å².